The molecule has 0 unspecified atom stereocenters. The van der Waals surface area contributed by atoms with E-state index in [1.807, 2.05) is 12.1 Å². The molecule has 0 fully saturated rings. The third-order valence-electron chi connectivity index (χ3n) is 3.52. The number of sulfonamides is 1. The second-order valence-electron chi connectivity index (χ2n) is 5.34. The lowest BCUT2D eigenvalue weighted by atomic mass is 10.1. The molecule has 2 aromatic rings. The molecule has 0 radical (unpaired) electrons. The van der Waals surface area contributed by atoms with Gasteiger partial charge in [0.1, 0.15) is 0 Å². The minimum absolute atomic E-state index is 0.157. The zero-order chi connectivity index (χ0) is 18.4. The molecule has 0 amide bonds. The summed E-state index contributed by atoms with van der Waals surface area (Å²) in [6.07, 6.45) is 0.529. The van der Waals surface area contributed by atoms with Crippen LogP contribution in [0.3, 0.4) is 0 Å². The Labute approximate surface area is 157 Å². The van der Waals surface area contributed by atoms with E-state index in [0.717, 1.165) is 5.56 Å². The van der Waals surface area contributed by atoms with Gasteiger partial charge >= 0.3 is 0 Å². The molecule has 0 heterocycles. The van der Waals surface area contributed by atoms with E-state index in [-0.39, 0.29) is 12.3 Å². The predicted octanol–water partition coefficient (Wildman–Crippen LogP) is 3.67. The second kappa shape index (κ2) is 8.76. The maximum absolute atomic E-state index is 12.2. The molecule has 0 saturated carbocycles. The summed E-state index contributed by atoms with van der Waals surface area (Å²) in [5, 5.41) is 0.726. The quantitative estimate of drug-likeness (QED) is 0.729. The maximum atomic E-state index is 12.2. The van der Waals surface area contributed by atoms with Crippen LogP contribution in [0.25, 0.3) is 0 Å². The lowest BCUT2D eigenvalue weighted by Gasteiger charge is -2.10. The molecule has 0 atom stereocenters. The van der Waals surface area contributed by atoms with Gasteiger partial charge in [-0.25, -0.2) is 13.1 Å². The molecule has 0 aliphatic heterocycles. The van der Waals surface area contributed by atoms with Gasteiger partial charge in [0.05, 0.1) is 30.0 Å². The predicted molar refractivity (Wildman–Crippen MR) is 100 cm³/mol. The van der Waals surface area contributed by atoms with Crippen molar-refractivity contribution < 1.29 is 17.9 Å². The summed E-state index contributed by atoms with van der Waals surface area (Å²) in [6, 6.07) is 10.3. The molecule has 0 aliphatic rings. The summed E-state index contributed by atoms with van der Waals surface area (Å²) in [7, 11) is -0.349. The normalized spacial score (nSPS) is 11.4. The summed E-state index contributed by atoms with van der Waals surface area (Å²) < 4.78 is 37.4. The largest absolute Gasteiger partial charge is 0.493 e. The third kappa shape index (κ3) is 5.78. The van der Waals surface area contributed by atoms with Gasteiger partial charge in [0.15, 0.2) is 11.5 Å². The number of methoxy groups -OCH3 is 2. The smallest absolute Gasteiger partial charge is 0.215 e. The molecule has 8 heteroatoms. The summed E-state index contributed by atoms with van der Waals surface area (Å²) in [5.74, 6) is 1.08. The highest BCUT2D eigenvalue weighted by molar-refractivity contribution is 7.88. The van der Waals surface area contributed by atoms with Crippen LogP contribution in [0, 0.1) is 0 Å². The van der Waals surface area contributed by atoms with Crippen molar-refractivity contribution in [2.24, 2.45) is 0 Å². The monoisotopic (exact) mass is 403 g/mol. The van der Waals surface area contributed by atoms with E-state index in [4.69, 9.17) is 32.7 Å². The lowest BCUT2D eigenvalue weighted by Crippen LogP contribution is -2.27. The van der Waals surface area contributed by atoms with E-state index >= 15 is 0 Å². The number of halogens is 2. The van der Waals surface area contributed by atoms with Gasteiger partial charge in [-0.05, 0) is 41.8 Å². The van der Waals surface area contributed by atoms with Gasteiger partial charge in [0.2, 0.25) is 10.0 Å². The fraction of sp³-hybridized carbons (Fsp3) is 0.294. The zero-order valence-corrected chi connectivity index (χ0v) is 16.2. The highest BCUT2D eigenvalue weighted by atomic mass is 35.5. The van der Waals surface area contributed by atoms with Crippen LogP contribution in [-0.4, -0.2) is 29.2 Å². The van der Waals surface area contributed by atoms with E-state index in [2.05, 4.69) is 4.72 Å². The average molecular weight is 404 g/mol. The molecular weight excluding hydrogens is 385 g/mol. The molecule has 0 bridgehead atoms. The van der Waals surface area contributed by atoms with Crippen molar-refractivity contribution in [2.45, 2.75) is 12.2 Å². The van der Waals surface area contributed by atoms with Crippen LogP contribution in [0.4, 0.5) is 0 Å². The van der Waals surface area contributed by atoms with E-state index in [1.54, 1.807) is 38.5 Å². The van der Waals surface area contributed by atoms with Gasteiger partial charge in [-0.3, -0.25) is 0 Å². The molecule has 2 rings (SSSR count). The molecule has 2 aromatic carbocycles. The zero-order valence-electron chi connectivity index (χ0n) is 13.9. The molecule has 0 saturated heterocycles. The molecule has 5 nitrogen and oxygen atoms in total. The van der Waals surface area contributed by atoms with E-state index in [1.165, 1.54) is 0 Å². The Bertz CT molecular complexity index is 841. The van der Waals surface area contributed by atoms with Crippen molar-refractivity contribution in [3.05, 3.63) is 57.6 Å². The average Bonchev–Trinajstić information content (AvgIpc) is 2.57. The number of hydrogen-bond donors (Lipinski definition) is 1. The Morgan fingerprint density at radius 2 is 1.60 bits per heavy atom. The van der Waals surface area contributed by atoms with Gasteiger partial charge in [-0.2, -0.15) is 0 Å². The van der Waals surface area contributed by atoms with Gasteiger partial charge in [-0.1, -0.05) is 35.3 Å². The van der Waals surface area contributed by atoms with Crippen LogP contribution < -0.4 is 14.2 Å². The second-order valence-corrected chi connectivity index (χ2v) is 7.96. The van der Waals surface area contributed by atoms with Crippen molar-refractivity contribution in [2.75, 3.05) is 20.8 Å². The van der Waals surface area contributed by atoms with Gasteiger partial charge < -0.3 is 9.47 Å². The standard InChI is InChI=1S/C17H19Cl2NO4S/c1-23-16-6-4-12(10-17(16)24-2)7-8-20-25(21,22)11-13-3-5-14(18)15(19)9-13/h3-6,9-10,20H,7-8,11H2,1-2H3. The first kappa shape index (κ1) is 19.8. The first-order valence-electron chi connectivity index (χ1n) is 7.47. The number of benzene rings is 2. The summed E-state index contributed by atoms with van der Waals surface area (Å²) >= 11 is 11.7. The minimum Gasteiger partial charge on any atom is -0.493 e. The first-order chi connectivity index (χ1) is 11.8. The Balaban J connectivity index is 1.94. The maximum Gasteiger partial charge on any atom is 0.215 e. The van der Waals surface area contributed by atoms with Gasteiger partial charge in [0.25, 0.3) is 0 Å². The van der Waals surface area contributed by atoms with Crippen molar-refractivity contribution in [3.8, 4) is 11.5 Å². The Morgan fingerprint density at radius 3 is 2.24 bits per heavy atom. The number of hydrogen-bond acceptors (Lipinski definition) is 4. The fourth-order valence-electron chi connectivity index (χ4n) is 2.29. The highest BCUT2D eigenvalue weighted by Crippen LogP contribution is 2.27. The Morgan fingerprint density at radius 1 is 0.920 bits per heavy atom. The van der Waals surface area contributed by atoms with E-state index < -0.39 is 10.0 Å². The van der Waals surface area contributed by atoms with Crippen molar-refractivity contribution in [1.29, 1.82) is 0 Å². The molecule has 0 aliphatic carbocycles. The van der Waals surface area contributed by atoms with Crippen molar-refractivity contribution in [1.82, 2.24) is 4.72 Å². The van der Waals surface area contributed by atoms with Crippen LogP contribution in [0.2, 0.25) is 10.0 Å². The topological polar surface area (TPSA) is 64.6 Å². The van der Waals surface area contributed by atoms with E-state index in [9.17, 15) is 8.42 Å². The number of ether oxygens (including phenoxy) is 2. The lowest BCUT2D eigenvalue weighted by molar-refractivity contribution is 0.354. The summed E-state index contributed by atoms with van der Waals surface area (Å²) in [5.41, 5.74) is 1.52. The van der Waals surface area contributed by atoms with Crippen molar-refractivity contribution in [3.63, 3.8) is 0 Å². The Hall–Kier alpha value is -1.47. The third-order valence-corrected chi connectivity index (χ3v) is 5.62. The first-order valence-corrected chi connectivity index (χ1v) is 9.87. The minimum atomic E-state index is -3.47. The SMILES string of the molecule is COc1ccc(CCNS(=O)(=O)Cc2ccc(Cl)c(Cl)c2)cc1OC. The molecular formula is C17H19Cl2NO4S. The number of nitrogens with one attached hydrogen (secondary N) is 1. The van der Waals surface area contributed by atoms with E-state index in [0.29, 0.717) is 33.5 Å². The summed E-state index contributed by atoms with van der Waals surface area (Å²) in [4.78, 5) is 0. The Kier molecular flexibility index (Phi) is 6.95. The molecule has 25 heavy (non-hydrogen) atoms. The molecule has 136 valence electrons. The molecule has 1 N–H and O–H groups in total. The van der Waals surface area contributed by atoms with Crippen LogP contribution >= 0.6 is 23.2 Å². The molecule has 0 aromatic heterocycles. The summed E-state index contributed by atoms with van der Waals surface area (Å²) in [6.45, 7) is 0.277. The molecule has 0 spiro atoms. The van der Waals surface area contributed by atoms with Crippen LogP contribution in [0.5, 0.6) is 11.5 Å². The fourth-order valence-corrected chi connectivity index (χ4v) is 3.74. The van der Waals surface area contributed by atoms with Gasteiger partial charge in [0, 0.05) is 6.54 Å². The van der Waals surface area contributed by atoms with Crippen molar-refractivity contribution >= 4 is 33.2 Å². The van der Waals surface area contributed by atoms with Crippen LogP contribution in [0.15, 0.2) is 36.4 Å². The van der Waals surface area contributed by atoms with Crippen LogP contribution in [0.1, 0.15) is 11.1 Å². The highest BCUT2D eigenvalue weighted by Gasteiger charge is 2.12. The van der Waals surface area contributed by atoms with Gasteiger partial charge in [-0.15, -0.1) is 0 Å². The van der Waals surface area contributed by atoms with Crippen LogP contribution in [-0.2, 0) is 22.2 Å². The number of rotatable bonds is 8.